The van der Waals surface area contributed by atoms with Gasteiger partial charge in [0.15, 0.2) is 16.1 Å². The molecule has 0 aliphatic heterocycles. The number of nitrogens with zero attached hydrogens (tertiary/aromatic N) is 8. The monoisotopic (exact) mass is 622 g/mol. The molecule has 3 heterocycles. The molecular weight excluding hydrogens is 597 g/mol. The number of carbonyl (C=O) groups is 2. The predicted molar refractivity (Wildman–Crippen MR) is 171 cm³/mol. The number of rotatable bonds is 10. The highest BCUT2D eigenvalue weighted by molar-refractivity contribution is 8.00. The second-order valence-corrected chi connectivity index (χ2v) is 11.6. The minimum Gasteiger partial charge on any atom is -0.325 e. The van der Waals surface area contributed by atoms with E-state index in [1.165, 1.54) is 23.5 Å². The number of benzene rings is 3. The smallest absolute Gasteiger partial charge is 0.234 e. The molecule has 12 nitrogen and oxygen atoms in total. The first-order valence-corrected chi connectivity index (χ1v) is 15.4. The minimum atomic E-state index is -0.157. The Morgan fingerprint density at radius 2 is 1.30 bits per heavy atom. The van der Waals surface area contributed by atoms with Crippen LogP contribution in [0.15, 0.2) is 95.8 Å². The van der Waals surface area contributed by atoms with E-state index >= 15 is 0 Å². The summed E-state index contributed by atoms with van der Waals surface area (Å²) in [6, 6.07) is 22.9. The lowest BCUT2D eigenvalue weighted by molar-refractivity contribution is -0.114. The van der Waals surface area contributed by atoms with Gasteiger partial charge in [0.25, 0.3) is 0 Å². The Morgan fingerprint density at radius 1 is 0.705 bits per heavy atom. The number of hydrogen-bond donors (Lipinski definition) is 2. The van der Waals surface area contributed by atoms with Gasteiger partial charge in [0.05, 0.1) is 22.7 Å². The molecule has 0 fully saturated rings. The predicted octanol–water partition coefficient (Wildman–Crippen LogP) is 4.68. The van der Waals surface area contributed by atoms with Crippen LogP contribution in [-0.4, -0.2) is 62.8 Å². The third-order valence-corrected chi connectivity index (χ3v) is 8.53. The van der Waals surface area contributed by atoms with Crippen LogP contribution in [0.5, 0.6) is 0 Å². The number of anilines is 2. The molecule has 220 valence electrons. The zero-order valence-electron chi connectivity index (χ0n) is 23.7. The average molecular weight is 623 g/mol. The summed E-state index contributed by atoms with van der Waals surface area (Å²) in [4.78, 5) is 34.9. The van der Waals surface area contributed by atoms with Crippen molar-refractivity contribution in [3.63, 3.8) is 0 Å². The Bertz CT molecular complexity index is 1940. The summed E-state index contributed by atoms with van der Waals surface area (Å²) in [6.07, 6.45) is 3.19. The number of carbonyl (C=O) groups excluding carboxylic acids is 2. The quantitative estimate of drug-likeness (QED) is 0.207. The van der Waals surface area contributed by atoms with Gasteiger partial charge in [-0.05, 0) is 42.5 Å². The number of amides is 2. The number of fused-ring (bicyclic) bond motifs is 1. The first-order chi connectivity index (χ1) is 21.4. The normalized spacial score (nSPS) is 11.0. The van der Waals surface area contributed by atoms with Gasteiger partial charge in [0.1, 0.15) is 12.7 Å². The Balaban J connectivity index is 1.21. The summed E-state index contributed by atoms with van der Waals surface area (Å²) in [5.41, 5.74) is 4.51. The van der Waals surface area contributed by atoms with Crippen LogP contribution in [0, 0.1) is 0 Å². The standard InChI is InChI=1S/C30H26N10O2S2/c1-39-17-31-37-29(39)43-15-25(41)33-21-10-8-20(9-11-21)28-35-24-13-12-22(34-26(42)16-44-30-38-32-18-40(30)2)14-23(24)27(36-28)19-6-4-3-5-7-19/h3-14,17-18H,15-16H2,1-2H3,(H,33,41)(H,34,42). The molecule has 6 rings (SSSR count). The van der Waals surface area contributed by atoms with Crippen LogP contribution in [0.4, 0.5) is 11.4 Å². The molecule has 0 atom stereocenters. The lowest BCUT2D eigenvalue weighted by Crippen LogP contribution is -2.14. The lowest BCUT2D eigenvalue weighted by Gasteiger charge is -2.12. The zero-order valence-corrected chi connectivity index (χ0v) is 25.3. The zero-order chi connectivity index (χ0) is 30.5. The fraction of sp³-hybridized carbons (Fsp3) is 0.133. The molecular formula is C30H26N10O2S2. The molecule has 2 N–H and O–H groups in total. The van der Waals surface area contributed by atoms with Crippen molar-refractivity contribution >= 4 is 57.6 Å². The van der Waals surface area contributed by atoms with Crippen molar-refractivity contribution in [3.05, 3.63) is 85.5 Å². The van der Waals surface area contributed by atoms with Gasteiger partial charge in [-0.3, -0.25) is 9.59 Å². The number of aryl methyl sites for hydroxylation is 2. The highest BCUT2D eigenvalue weighted by Crippen LogP contribution is 2.31. The molecule has 6 aromatic rings. The molecule has 3 aromatic heterocycles. The van der Waals surface area contributed by atoms with E-state index in [1.807, 2.05) is 86.9 Å². The number of aromatic nitrogens is 8. The Kier molecular flexibility index (Phi) is 8.61. The maximum atomic E-state index is 12.7. The summed E-state index contributed by atoms with van der Waals surface area (Å²) in [7, 11) is 3.66. The van der Waals surface area contributed by atoms with Gasteiger partial charge < -0.3 is 19.8 Å². The minimum absolute atomic E-state index is 0.144. The third-order valence-electron chi connectivity index (χ3n) is 6.46. The summed E-state index contributed by atoms with van der Waals surface area (Å²) < 4.78 is 3.53. The van der Waals surface area contributed by atoms with E-state index in [0.717, 1.165) is 27.7 Å². The molecule has 0 aliphatic carbocycles. The Labute approximate surface area is 260 Å². The molecule has 0 radical (unpaired) electrons. The maximum absolute atomic E-state index is 12.7. The van der Waals surface area contributed by atoms with Crippen molar-refractivity contribution in [2.75, 3.05) is 22.1 Å². The number of hydrogen-bond acceptors (Lipinski definition) is 10. The third kappa shape index (κ3) is 6.76. The fourth-order valence-corrected chi connectivity index (χ4v) is 5.69. The fourth-order valence-electron chi connectivity index (χ4n) is 4.31. The van der Waals surface area contributed by atoms with E-state index in [1.54, 1.807) is 21.8 Å². The van der Waals surface area contributed by atoms with Gasteiger partial charge in [0, 0.05) is 42.0 Å². The molecule has 0 spiro atoms. The van der Waals surface area contributed by atoms with Gasteiger partial charge >= 0.3 is 0 Å². The first kappa shape index (κ1) is 29.0. The van der Waals surface area contributed by atoms with E-state index < -0.39 is 0 Å². The van der Waals surface area contributed by atoms with Gasteiger partial charge in [-0.25, -0.2) is 9.97 Å². The van der Waals surface area contributed by atoms with E-state index in [-0.39, 0.29) is 23.3 Å². The van der Waals surface area contributed by atoms with Gasteiger partial charge in [0.2, 0.25) is 11.8 Å². The first-order valence-electron chi connectivity index (χ1n) is 13.4. The summed E-state index contributed by atoms with van der Waals surface area (Å²) >= 11 is 2.63. The van der Waals surface area contributed by atoms with E-state index in [0.29, 0.717) is 27.5 Å². The van der Waals surface area contributed by atoms with Crippen LogP contribution in [-0.2, 0) is 23.7 Å². The van der Waals surface area contributed by atoms with E-state index in [9.17, 15) is 9.59 Å². The van der Waals surface area contributed by atoms with Crippen molar-refractivity contribution in [3.8, 4) is 22.6 Å². The van der Waals surface area contributed by atoms with Crippen molar-refractivity contribution < 1.29 is 9.59 Å². The number of nitrogens with one attached hydrogen (secondary N) is 2. The molecule has 0 bridgehead atoms. The summed E-state index contributed by atoms with van der Waals surface area (Å²) in [5, 5.41) is 23.7. The van der Waals surface area contributed by atoms with Crippen molar-refractivity contribution in [1.29, 1.82) is 0 Å². The SMILES string of the molecule is Cn1cnnc1SCC(=O)Nc1ccc(-c2nc(-c3ccccc3)c3cc(NC(=O)CSc4nncn4C)ccc3n2)cc1. The molecule has 0 unspecified atom stereocenters. The molecule has 0 saturated carbocycles. The topological polar surface area (TPSA) is 145 Å². The van der Waals surface area contributed by atoms with Crippen molar-refractivity contribution in [1.82, 2.24) is 39.5 Å². The van der Waals surface area contributed by atoms with E-state index in [2.05, 4.69) is 31.0 Å². The highest BCUT2D eigenvalue weighted by atomic mass is 32.2. The largest absolute Gasteiger partial charge is 0.325 e. The second kappa shape index (κ2) is 13.1. The van der Waals surface area contributed by atoms with Gasteiger partial charge in [-0.1, -0.05) is 53.9 Å². The Morgan fingerprint density at radius 3 is 1.89 bits per heavy atom. The Hall–Kier alpha value is -5.08. The summed E-state index contributed by atoms with van der Waals surface area (Å²) in [6.45, 7) is 0. The van der Waals surface area contributed by atoms with Crippen LogP contribution >= 0.6 is 23.5 Å². The molecule has 3 aromatic carbocycles. The van der Waals surface area contributed by atoms with Crippen LogP contribution < -0.4 is 10.6 Å². The van der Waals surface area contributed by atoms with Gasteiger partial charge in [-0.2, -0.15) is 0 Å². The van der Waals surface area contributed by atoms with Crippen LogP contribution in [0.3, 0.4) is 0 Å². The van der Waals surface area contributed by atoms with Crippen LogP contribution in [0.1, 0.15) is 0 Å². The van der Waals surface area contributed by atoms with Crippen LogP contribution in [0.25, 0.3) is 33.5 Å². The summed E-state index contributed by atoms with van der Waals surface area (Å²) in [5.74, 6) is 0.655. The highest BCUT2D eigenvalue weighted by Gasteiger charge is 2.14. The van der Waals surface area contributed by atoms with Crippen molar-refractivity contribution in [2.45, 2.75) is 10.3 Å². The van der Waals surface area contributed by atoms with Crippen LogP contribution in [0.2, 0.25) is 0 Å². The lowest BCUT2D eigenvalue weighted by atomic mass is 10.0. The van der Waals surface area contributed by atoms with E-state index in [4.69, 9.17) is 9.97 Å². The number of thioether (sulfide) groups is 2. The molecule has 0 saturated heterocycles. The second-order valence-electron chi connectivity index (χ2n) is 9.69. The van der Waals surface area contributed by atoms with Gasteiger partial charge in [-0.15, -0.1) is 20.4 Å². The molecule has 2 amide bonds. The molecule has 14 heteroatoms. The average Bonchev–Trinajstić information content (AvgIpc) is 3.65. The molecule has 0 aliphatic rings. The molecule has 44 heavy (non-hydrogen) atoms. The maximum Gasteiger partial charge on any atom is 0.234 e. The van der Waals surface area contributed by atoms with Crippen molar-refractivity contribution in [2.24, 2.45) is 14.1 Å².